The highest BCUT2D eigenvalue weighted by atomic mass is 35.5. The number of halogens is 2. The first kappa shape index (κ1) is 50.3. The van der Waals surface area contributed by atoms with Gasteiger partial charge in [-0.15, -0.1) is 11.6 Å². The third kappa shape index (κ3) is 14.9. The summed E-state index contributed by atoms with van der Waals surface area (Å²) in [5, 5.41) is 28.2. The van der Waals surface area contributed by atoms with E-state index >= 15 is 0 Å². The van der Waals surface area contributed by atoms with Gasteiger partial charge in [-0.05, 0) is 74.8 Å². The van der Waals surface area contributed by atoms with Crippen LogP contribution in [0.15, 0.2) is 72.8 Å². The van der Waals surface area contributed by atoms with Gasteiger partial charge in [0.25, 0.3) is 11.8 Å². The van der Waals surface area contributed by atoms with Gasteiger partial charge in [0.05, 0.1) is 29.0 Å². The zero-order valence-corrected chi connectivity index (χ0v) is 37.8. The zero-order valence-electron chi connectivity index (χ0n) is 36.3. The second-order valence-corrected chi connectivity index (χ2v) is 17.7. The second kappa shape index (κ2) is 23.9. The molecule has 2 aliphatic rings. The van der Waals surface area contributed by atoms with Gasteiger partial charge < -0.3 is 29.2 Å². The molecule has 14 nitrogen and oxygen atoms in total. The van der Waals surface area contributed by atoms with Crippen molar-refractivity contribution in [2.75, 3.05) is 20.2 Å². The lowest BCUT2D eigenvalue weighted by molar-refractivity contribution is -0.181. The molecule has 16 heteroatoms. The number of alkyl halides is 1. The van der Waals surface area contributed by atoms with Crippen molar-refractivity contribution in [2.45, 2.75) is 122 Å². The van der Waals surface area contributed by atoms with Crippen molar-refractivity contribution in [2.24, 2.45) is 17.3 Å². The Morgan fingerprint density at radius 2 is 1.68 bits per heavy atom. The highest BCUT2D eigenvalue weighted by Gasteiger charge is 2.40. The van der Waals surface area contributed by atoms with E-state index in [4.69, 9.17) is 42.1 Å². The molecule has 0 saturated carbocycles. The quantitative estimate of drug-likeness (QED) is 0.0387. The van der Waals surface area contributed by atoms with Crippen molar-refractivity contribution >= 4 is 52.9 Å². The van der Waals surface area contributed by atoms with E-state index in [1.807, 2.05) is 19.9 Å². The molecule has 0 aromatic heterocycles. The molecule has 8 unspecified atom stereocenters. The summed E-state index contributed by atoms with van der Waals surface area (Å²) in [6.07, 6.45) is 1.53. The maximum Gasteiger partial charge on any atom is 0.347 e. The molecular formula is C46H61Cl2N3O11. The first-order chi connectivity index (χ1) is 29.4. The lowest BCUT2D eigenvalue weighted by atomic mass is 9.90. The third-order valence-corrected chi connectivity index (χ3v) is 11.6. The van der Waals surface area contributed by atoms with Crippen molar-refractivity contribution in [3.05, 3.63) is 89.0 Å². The molecule has 2 heterocycles. The number of carbonyl (C=O) groups is 5. The minimum absolute atomic E-state index is 0.0221. The van der Waals surface area contributed by atoms with Gasteiger partial charge >= 0.3 is 17.9 Å². The summed E-state index contributed by atoms with van der Waals surface area (Å²) in [4.78, 5) is 66.3. The number of methoxy groups -OCH3 is 1. The van der Waals surface area contributed by atoms with Gasteiger partial charge in [0, 0.05) is 44.0 Å². The van der Waals surface area contributed by atoms with E-state index in [1.54, 1.807) is 69.3 Å². The molecule has 0 radical (unpaired) electrons. The third-order valence-electron chi connectivity index (χ3n) is 10.8. The summed E-state index contributed by atoms with van der Waals surface area (Å²) in [5.74, 6) is -3.11. The highest BCUT2D eigenvalue weighted by Crippen LogP contribution is 2.35. The summed E-state index contributed by atoms with van der Waals surface area (Å²) >= 11 is 13.5. The first-order valence-corrected chi connectivity index (χ1v) is 21.9. The van der Waals surface area contributed by atoms with Crippen LogP contribution in [0.1, 0.15) is 89.6 Å². The molecule has 4 N–H and O–H groups in total. The highest BCUT2D eigenvalue weighted by molar-refractivity contribution is 6.32. The van der Waals surface area contributed by atoms with Crippen molar-refractivity contribution < 1.29 is 53.1 Å². The van der Waals surface area contributed by atoms with Gasteiger partial charge in [-0.25, -0.2) is 4.79 Å². The molecule has 0 fully saturated rings. The number of hydrogen-bond donors (Lipinski definition) is 4. The molecule has 4 rings (SSSR count). The van der Waals surface area contributed by atoms with E-state index in [9.17, 15) is 34.2 Å². The number of nitrogens with zero attached hydrogens (tertiary/aromatic N) is 1. The monoisotopic (exact) mass is 901 g/mol. The largest absolute Gasteiger partial charge is 0.495 e. The predicted octanol–water partition coefficient (Wildman–Crippen LogP) is 5.94. The molecular weight excluding hydrogens is 841 g/mol. The summed E-state index contributed by atoms with van der Waals surface area (Å²) in [5.41, 5.74) is 0.165. The normalized spacial score (nSPS) is 24.0. The minimum Gasteiger partial charge on any atom is -0.495 e. The summed E-state index contributed by atoms with van der Waals surface area (Å²) in [6, 6.07) is 13.4. The van der Waals surface area contributed by atoms with Crippen LogP contribution in [0.2, 0.25) is 5.02 Å². The lowest BCUT2D eigenvalue weighted by Gasteiger charge is -2.34. The van der Waals surface area contributed by atoms with E-state index < -0.39 is 71.4 Å². The standard InChI is InChI=1S/C46H61Cl2N3O11/c1-28(2)24-36-44(57)60-34(29(3)42(41(48)31-14-9-7-10-15-31)62-40(55)18-11-8-12-23-51-38(53)21-22-39(51)54)16-13-17-37(52)50-33(26-30-19-20-35(59-6)32(47)25-30)43(56)49-27-46(4,5)45(58)61-36/h7,9-10,13-15,17,19-22,25,28-29,33-34,36-37,41-43,49-50,52,56H,8,11-12,16,18,23-24,26-27H2,1-6H3. The van der Waals surface area contributed by atoms with Crippen LogP contribution in [0, 0.1) is 17.3 Å². The number of benzene rings is 2. The van der Waals surface area contributed by atoms with Crippen LogP contribution in [0.4, 0.5) is 0 Å². The smallest absolute Gasteiger partial charge is 0.347 e. The van der Waals surface area contributed by atoms with Gasteiger partial charge in [0.2, 0.25) is 0 Å². The number of carbonyl (C=O) groups excluding carboxylic acids is 5. The minimum atomic E-state index is -1.30. The van der Waals surface area contributed by atoms with Crippen molar-refractivity contribution in [1.82, 2.24) is 15.5 Å². The summed E-state index contributed by atoms with van der Waals surface area (Å²) in [7, 11) is 1.50. The Morgan fingerprint density at radius 1 is 0.984 bits per heavy atom. The maximum atomic E-state index is 14.1. The first-order valence-electron chi connectivity index (χ1n) is 21.1. The lowest BCUT2D eigenvalue weighted by Crippen LogP contribution is -2.54. The van der Waals surface area contributed by atoms with Gasteiger partial charge in [-0.1, -0.05) is 81.3 Å². The molecule has 0 spiro atoms. The van der Waals surface area contributed by atoms with E-state index in [2.05, 4.69) is 10.6 Å². The van der Waals surface area contributed by atoms with Crippen molar-refractivity contribution in [1.29, 1.82) is 0 Å². The zero-order chi connectivity index (χ0) is 45.6. The van der Waals surface area contributed by atoms with Gasteiger partial charge in [0.15, 0.2) is 6.10 Å². The number of esters is 3. The number of amides is 2. The average molecular weight is 903 g/mol. The number of aliphatic hydroxyl groups is 2. The number of hydrogen-bond acceptors (Lipinski definition) is 13. The maximum absolute atomic E-state index is 14.1. The number of cyclic esters (lactones) is 2. The van der Waals surface area contributed by atoms with E-state index in [0.29, 0.717) is 35.6 Å². The number of rotatable bonds is 16. The van der Waals surface area contributed by atoms with Gasteiger partial charge in [0.1, 0.15) is 30.4 Å². The Labute approximate surface area is 374 Å². The fourth-order valence-corrected chi connectivity index (χ4v) is 7.80. The Bertz CT molecular complexity index is 1870. The SMILES string of the molecule is COc1ccc(CC2NC(O)C=CCC(C(C)C(OC(=O)CCCCCN3C(=O)C=CC3=O)C(Cl)c3ccccc3)OC(=O)C(CC(C)C)OC(=O)C(C)(C)CNC2O)cc1Cl. The number of aliphatic hydroxyl groups excluding tert-OH is 2. The molecule has 2 aromatic carbocycles. The Morgan fingerprint density at radius 3 is 2.32 bits per heavy atom. The number of ether oxygens (including phenoxy) is 4. The van der Waals surface area contributed by atoms with Crippen LogP contribution in [0.3, 0.4) is 0 Å². The van der Waals surface area contributed by atoms with E-state index in [0.717, 1.165) is 10.5 Å². The molecule has 0 bridgehead atoms. The molecule has 340 valence electrons. The van der Waals surface area contributed by atoms with E-state index in [1.165, 1.54) is 25.3 Å². The molecule has 2 aliphatic heterocycles. The second-order valence-electron chi connectivity index (χ2n) is 16.9. The van der Waals surface area contributed by atoms with Crippen LogP contribution in [-0.2, 0) is 44.6 Å². The van der Waals surface area contributed by atoms with Crippen LogP contribution in [-0.4, -0.2) is 102 Å². The average Bonchev–Trinajstić information content (AvgIpc) is 3.55. The molecule has 62 heavy (non-hydrogen) atoms. The fourth-order valence-electron chi connectivity index (χ4n) is 7.10. The Balaban J connectivity index is 1.62. The molecule has 2 amide bonds. The number of unbranched alkanes of at least 4 members (excludes halogenated alkanes) is 2. The van der Waals surface area contributed by atoms with Gasteiger partial charge in [-0.3, -0.25) is 34.7 Å². The topological polar surface area (TPSA) is 190 Å². The molecule has 2 aromatic rings. The summed E-state index contributed by atoms with van der Waals surface area (Å²) in [6.45, 7) is 8.95. The fraction of sp³-hybridized carbons (Fsp3) is 0.543. The van der Waals surface area contributed by atoms with Gasteiger partial charge in [-0.2, -0.15) is 0 Å². The number of nitrogens with one attached hydrogen (secondary N) is 2. The molecule has 0 aliphatic carbocycles. The van der Waals surface area contributed by atoms with Crippen molar-refractivity contribution in [3.8, 4) is 5.75 Å². The summed E-state index contributed by atoms with van der Waals surface area (Å²) < 4.78 is 23.5. The molecule has 0 saturated heterocycles. The van der Waals surface area contributed by atoms with Crippen molar-refractivity contribution in [3.63, 3.8) is 0 Å². The molecule has 8 atom stereocenters. The van der Waals surface area contributed by atoms with Crippen LogP contribution >= 0.6 is 23.2 Å². The van der Waals surface area contributed by atoms with Crippen LogP contribution in [0.5, 0.6) is 5.75 Å². The van der Waals surface area contributed by atoms with Crippen LogP contribution < -0.4 is 15.4 Å². The predicted molar refractivity (Wildman–Crippen MR) is 234 cm³/mol. The Kier molecular flexibility index (Phi) is 19.4. The Hall–Kier alpha value is -4.31. The van der Waals surface area contributed by atoms with E-state index in [-0.39, 0.29) is 56.5 Å². The van der Waals surface area contributed by atoms with Crippen LogP contribution in [0.25, 0.3) is 0 Å². The number of imide groups is 1.